The lowest BCUT2D eigenvalue weighted by Crippen LogP contribution is -2.54. The van der Waals surface area contributed by atoms with Gasteiger partial charge in [-0.3, -0.25) is 10.1 Å². The van der Waals surface area contributed by atoms with Crippen molar-refractivity contribution in [1.29, 1.82) is 5.26 Å². The van der Waals surface area contributed by atoms with Gasteiger partial charge in [0, 0.05) is 6.54 Å². The van der Waals surface area contributed by atoms with Gasteiger partial charge in [-0.05, 0) is 30.5 Å². The monoisotopic (exact) mass is 302 g/mol. The first kappa shape index (κ1) is 16.5. The molecule has 0 bridgehead atoms. The molecule has 5 nitrogen and oxygen atoms in total. The van der Waals surface area contributed by atoms with E-state index in [4.69, 9.17) is 10.00 Å². The Balaban J connectivity index is 2.02. The summed E-state index contributed by atoms with van der Waals surface area (Å²) in [6.45, 7) is 0.279. The van der Waals surface area contributed by atoms with Gasteiger partial charge in [-0.1, -0.05) is 31.4 Å². The van der Waals surface area contributed by atoms with E-state index in [1.54, 1.807) is 24.3 Å². The summed E-state index contributed by atoms with van der Waals surface area (Å²) in [6.07, 6.45) is 3.83. The molecule has 1 fully saturated rings. The zero-order valence-corrected chi connectivity index (χ0v) is 12.8. The number of carbonyl (C=O) groups is 1. The molecule has 1 aromatic carbocycles. The molecule has 0 aromatic heterocycles. The van der Waals surface area contributed by atoms with Crippen molar-refractivity contribution in [2.75, 3.05) is 13.7 Å². The van der Waals surface area contributed by atoms with Gasteiger partial charge < -0.3 is 9.84 Å². The van der Waals surface area contributed by atoms with Crippen molar-refractivity contribution in [3.63, 3.8) is 0 Å². The van der Waals surface area contributed by atoms with Crippen LogP contribution in [0.4, 0.5) is 0 Å². The van der Waals surface area contributed by atoms with E-state index in [1.807, 2.05) is 6.07 Å². The van der Waals surface area contributed by atoms with Crippen LogP contribution in [0.1, 0.15) is 49.3 Å². The number of β-amino-alcohol motifs (C(OH)–C–C–N with tert-alkyl or cyclic N) is 1. The van der Waals surface area contributed by atoms with Gasteiger partial charge in [0.15, 0.2) is 0 Å². The maximum Gasteiger partial charge on any atom is 0.326 e. The molecule has 22 heavy (non-hydrogen) atoms. The van der Waals surface area contributed by atoms with Gasteiger partial charge >= 0.3 is 5.97 Å². The molecule has 0 saturated heterocycles. The average molecular weight is 302 g/mol. The van der Waals surface area contributed by atoms with Crippen LogP contribution >= 0.6 is 0 Å². The Morgan fingerprint density at radius 1 is 1.36 bits per heavy atom. The molecule has 0 spiro atoms. The molecule has 1 saturated carbocycles. The maximum atomic E-state index is 12.1. The highest BCUT2D eigenvalue weighted by Gasteiger charge is 2.40. The van der Waals surface area contributed by atoms with Crippen LogP contribution in [-0.4, -0.2) is 30.3 Å². The highest BCUT2D eigenvalue weighted by Crippen LogP contribution is 2.30. The van der Waals surface area contributed by atoms with E-state index >= 15 is 0 Å². The lowest BCUT2D eigenvalue weighted by molar-refractivity contribution is -0.150. The minimum Gasteiger partial charge on any atom is -0.468 e. The predicted octanol–water partition coefficient (Wildman–Crippen LogP) is 2.06. The number of benzene rings is 1. The summed E-state index contributed by atoms with van der Waals surface area (Å²) in [4.78, 5) is 12.1. The molecule has 2 rings (SSSR count). The number of nitrogens with zero attached hydrogens (tertiary/aromatic N) is 1. The average Bonchev–Trinajstić information content (AvgIpc) is 2.59. The number of aliphatic hydroxyl groups excluding tert-OH is 1. The smallest absolute Gasteiger partial charge is 0.326 e. The molecule has 1 aromatic rings. The number of nitrogens with one attached hydrogen (secondary N) is 1. The topological polar surface area (TPSA) is 82.3 Å². The van der Waals surface area contributed by atoms with E-state index in [0.717, 1.165) is 37.7 Å². The molecule has 0 amide bonds. The van der Waals surface area contributed by atoms with Crippen molar-refractivity contribution in [3.8, 4) is 6.07 Å². The summed E-state index contributed by atoms with van der Waals surface area (Å²) in [7, 11) is 1.40. The molecule has 0 aliphatic heterocycles. The molecule has 1 aliphatic carbocycles. The van der Waals surface area contributed by atoms with E-state index < -0.39 is 11.6 Å². The molecule has 0 heterocycles. The van der Waals surface area contributed by atoms with Crippen LogP contribution in [0.15, 0.2) is 24.3 Å². The number of rotatable bonds is 5. The van der Waals surface area contributed by atoms with Crippen LogP contribution in [-0.2, 0) is 9.53 Å². The molecule has 5 heteroatoms. The normalized spacial score (nSPS) is 18.2. The Hall–Kier alpha value is -1.90. The van der Waals surface area contributed by atoms with Crippen molar-refractivity contribution >= 4 is 5.97 Å². The third-order valence-corrected chi connectivity index (χ3v) is 4.34. The van der Waals surface area contributed by atoms with Crippen LogP contribution < -0.4 is 5.32 Å². The molecule has 1 aliphatic rings. The largest absolute Gasteiger partial charge is 0.468 e. The van der Waals surface area contributed by atoms with Gasteiger partial charge in [-0.15, -0.1) is 0 Å². The number of nitriles is 1. The Labute approximate surface area is 130 Å². The van der Waals surface area contributed by atoms with Gasteiger partial charge in [0.1, 0.15) is 5.54 Å². The third-order valence-electron chi connectivity index (χ3n) is 4.34. The quantitative estimate of drug-likeness (QED) is 0.814. The van der Waals surface area contributed by atoms with E-state index in [-0.39, 0.29) is 12.5 Å². The van der Waals surface area contributed by atoms with Crippen LogP contribution in [0.3, 0.4) is 0 Å². The van der Waals surface area contributed by atoms with E-state index in [0.29, 0.717) is 5.56 Å². The summed E-state index contributed by atoms with van der Waals surface area (Å²) in [5.41, 5.74) is 0.602. The van der Waals surface area contributed by atoms with Gasteiger partial charge in [-0.25, -0.2) is 0 Å². The highest BCUT2D eigenvalue weighted by molar-refractivity contribution is 5.80. The fraction of sp³-hybridized carbons (Fsp3) is 0.529. The fourth-order valence-corrected chi connectivity index (χ4v) is 2.99. The predicted molar refractivity (Wildman–Crippen MR) is 82.0 cm³/mol. The number of ether oxygens (including phenoxy) is 1. The van der Waals surface area contributed by atoms with E-state index in [1.165, 1.54) is 7.11 Å². The Morgan fingerprint density at radius 3 is 2.55 bits per heavy atom. The first-order valence-electron chi connectivity index (χ1n) is 7.63. The van der Waals surface area contributed by atoms with Crippen LogP contribution in [0.2, 0.25) is 0 Å². The van der Waals surface area contributed by atoms with Crippen molar-refractivity contribution in [2.45, 2.75) is 43.7 Å². The van der Waals surface area contributed by atoms with Crippen molar-refractivity contribution in [1.82, 2.24) is 5.32 Å². The minimum absolute atomic E-state index is 0.251. The number of carbonyl (C=O) groups excluding carboxylic acids is 1. The van der Waals surface area contributed by atoms with Crippen LogP contribution in [0.25, 0.3) is 0 Å². The molecular formula is C17H22N2O3. The lowest BCUT2D eigenvalue weighted by Gasteiger charge is -2.36. The highest BCUT2D eigenvalue weighted by atomic mass is 16.5. The van der Waals surface area contributed by atoms with Gasteiger partial charge in [0.2, 0.25) is 0 Å². The number of aliphatic hydroxyl groups is 1. The third kappa shape index (κ3) is 3.65. The van der Waals surface area contributed by atoms with Crippen LogP contribution in [0, 0.1) is 11.3 Å². The summed E-state index contributed by atoms with van der Waals surface area (Å²) < 4.78 is 4.94. The fourth-order valence-electron chi connectivity index (χ4n) is 2.99. The van der Waals surface area contributed by atoms with Gasteiger partial charge in [0.05, 0.1) is 24.8 Å². The zero-order chi connectivity index (χ0) is 16.0. The first-order chi connectivity index (χ1) is 10.6. The van der Waals surface area contributed by atoms with Crippen molar-refractivity contribution in [2.24, 2.45) is 0 Å². The lowest BCUT2D eigenvalue weighted by atomic mass is 9.81. The maximum absolute atomic E-state index is 12.1. The number of hydrogen-bond acceptors (Lipinski definition) is 5. The standard InChI is InChI=1S/C17H22N2O3/c1-22-16(21)17(9-3-2-4-10-17)19-12-15(20)14-7-5-13(11-18)6-8-14/h5-8,15,19-20H,2-4,9-10,12H2,1H3. The summed E-state index contributed by atoms with van der Waals surface area (Å²) in [5.74, 6) is -0.251. The van der Waals surface area contributed by atoms with Crippen molar-refractivity contribution in [3.05, 3.63) is 35.4 Å². The number of hydrogen-bond donors (Lipinski definition) is 2. The van der Waals surface area contributed by atoms with Crippen LogP contribution in [0.5, 0.6) is 0 Å². The Morgan fingerprint density at radius 2 is 2.00 bits per heavy atom. The molecular weight excluding hydrogens is 280 g/mol. The summed E-state index contributed by atoms with van der Waals surface area (Å²) in [5, 5.41) is 22.3. The number of methoxy groups -OCH3 is 1. The van der Waals surface area contributed by atoms with E-state index in [2.05, 4.69) is 5.32 Å². The Kier molecular flexibility index (Phi) is 5.53. The minimum atomic E-state index is -0.726. The second-order valence-corrected chi connectivity index (χ2v) is 5.76. The first-order valence-corrected chi connectivity index (χ1v) is 7.63. The second-order valence-electron chi connectivity index (χ2n) is 5.76. The van der Waals surface area contributed by atoms with E-state index in [9.17, 15) is 9.90 Å². The number of esters is 1. The summed E-state index contributed by atoms with van der Waals surface area (Å²) >= 11 is 0. The summed E-state index contributed by atoms with van der Waals surface area (Å²) in [6, 6.07) is 8.86. The van der Waals surface area contributed by atoms with Gasteiger partial charge in [0.25, 0.3) is 0 Å². The molecule has 2 N–H and O–H groups in total. The molecule has 1 unspecified atom stereocenters. The second kappa shape index (κ2) is 7.39. The zero-order valence-electron chi connectivity index (χ0n) is 12.8. The van der Waals surface area contributed by atoms with Gasteiger partial charge in [-0.2, -0.15) is 5.26 Å². The molecule has 118 valence electrons. The molecule has 0 radical (unpaired) electrons. The van der Waals surface area contributed by atoms with Crippen molar-refractivity contribution < 1.29 is 14.6 Å². The molecule has 1 atom stereocenters. The SMILES string of the molecule is COC(=O)C1(NCC(O)c2ccc(C#N)cc2)CCCCC1. The Bertz CT molecular complexity index is 542.